The van der Waals surface area contributed by atoms with Gasteiger partial charge in [-0.25, -0.2) is 4.79 Å². The molecule has 0 spiro atoms. The van der Waals surface area contributed by atoms with Crippen LogP contribution in [0.4, 0.5) is 5.69 Å². The van der Waals surface area contributed by atoms with Gasteiger partial charge in [-0.15, -0.1) is 0 Å². The molecule has 0 aliphatic rings. The van der Waals surface area contributed by atoms with E-state index in [0.717, 1.165) is 105 Å². The van der Waals surface area contributed by atoms with Gasteiger partial charge in [-0.1, -0.05) is 53.4 Å². The molecule has 1 rings (SSSR count). The summed E-state index contributed by atoms with van der Waals surface area (Å²) in [4.78, 5) is 12.5. The van der Waals surface area contributed by atoms with Gasteiger partial charge in [-0.05, 0) is 80.5 Å². The molecule has 0 heterocycles. The molecule has 1 aromatic carbocycles. The summed E-state index contributed by atoms with van der Waals surface area (Å²) in [5.41, 5.74) is 5.84. The molecule has 0 radical (unpaired) electrons. The maximum atomic E-state index is 12.5. The van der Waals surface area contributed by atoms with E-state index in [1.165, 1.54) is 0 Å². The number of aromatic carboxylic acids is 1. The van der Waals surface area contributed by atoms with E-state index in [-0.39, 0.29) is 0 Å². The molecule has 0 fully saturated rings. The zero-order valence-corrected chi connectivity index (χ0v) is 19.4. The van der Waals surface area contributed by atoms with E-state index in [0.29, 0.717) is 5.56 Å². The van der Waals surface area contributed by atoms with Crippen LogP contribution in [0.1, 0.15) is 119 Å². The summed E-state index contributed by atoms with van der Waals surface area (Å²) in [5.74, 6) is -0.790. The zero-order chi connectivity index (χ0) is 21.8. The van der Waals surface area contributed by atoms with Crippen molar-refractivity contribution >= 4 is 11.7 Å². The molecule has 0 aliphatic heterocycles. The third-order valence-corrected chi connectivity index (χ3v) is 5.62. The molecule has 0 aliphatic carbocycles. The van der Waals surface area contributed by atoms with Gasteiger partial charge >= 0.3 is 5.97 Å². The quantitative estimate of drug-likeness (QED) is 0.291. The largest absolute Gasteiger partial charge is 0.478 e. The number of unbranched alkanes of at least 4 members (excludes halogenated alkanes) is 4. The number of carbonyl (C=O) groups is 1. The molecule has 0 bridgehead atoms. The summed E-state index contributed by atoms with van der Waals surface area (Å²) in [5, 5.41) is 23.8. The molecule has 0 saturated carbocycles. The number of rotatable bonds is 15. The normalized spacial score (nSPS) is 12.2. The maximum Gasteiger partial charge on any atom is 0.336 e. The summed E-state index contributed by atoms with van der Waals surface area (Å²) in [6.07, 6.45) is 10.8. The van der Waals surface area contributed by atoms with E-state index < -0.39 is 12.2 Å². The number of aliphatic hydroxyl groups is 1. The average Bonchev–Trinajstić information content (AvgIpc) is 2.68. The molecular formula is C25H43NO3. The van der Waals surface area contributed by atoms with E-state index in [4.69, 9.17) is 0 Å². The summed E-state index contributed by atoms with van der Waals surface area (Å²) in [6.45, 7) is 10.4. The highest BCUT2D eigenvalue weighted by molar-refractivity contribution is 5.94. The van der Waals surface area contributed by atoms with Crippen LogP contribution in [0.25, 0.3) is 0 Å². The molecule has 1 atom stereocenters. The second-order valence-electron chi connectivity index (χ2n) is 8.20. The highest BCUT2D eigenvalue weighted by Crippen LogP contribution is 2.37. The Kier molecular flexibility index (Phi) is 12.0. The van der Waals surface area contributed by atoms with E-state index in [9.17, 15) is 15.0 Å². The van der Waals surface area contributed by atoms with Crippen LogP contribution in [0.15, 0.2) is 0 Å². The Morgan fingerprint density at radius 1 is 0.759 bits per heavy atom. The van der Waals surface area contributed by atoms with Crippen LogP contribution in [-0.4, -0.2) is 22.4 Å². The van der Waals surface area contributed by atoms with E-state index >= 15 is 0 Å². The van der Waals surface area contributed by atoms with Crippen molar-refractivity contribution in [3.8, 4) is 0 Å². The minimum atomic E-state index is -0.790. The van der Waals surface area contributed by atoms with Gasteiger partial charge in [0.1, 0.15) is 6.23 Å². The number of hydrogen-bond acceptors (Lipinski definition) is 3. The van der Waals surface area contributed by atoms with Gasteiger partial charge in [-0.3, -0.25) is 0 Å². The zero-order valence-electron chi connectivity index (χ0n) is 19.4. The molecule has 1 aromatic rings. The second kappa shape index (κ2) is 13.6. The highest BCUT2D eigenvalue weighted by atomic mass is 16.4. The number of carboxylic acid groups (broad SMARTS) is 1. The molecule has 166 valence electrons. The van der Waals surface area contributed by atoms with Crippen LogP contribution in [0.5, 0.6) is 0 Å². The third-order valence-electron chi connectivity index (χ3n) is 5.62. The van der Waals surface area contributed by atoms with Crippen LogP contribution < -0.4 is 5.32 Å². The number of aliphatic hydroxyl groups excluding tert-OH is 1. The molecule has 4 heteroatoms. The lowest BCUT2D eigenvalue weighted by atomic mass is 9.82. The van der Waals surface area contributed by atoms with Crippen molar-refractivity contribution in [1.29, 1.82) is 0 Å². The van der Waals surface area contributed by atoms with Gasteiger partial charge in [0.2, 0.25) is 0 Å². The Hall–Kier alpha value is -1.55. The fourth-order valence-corrected chi connectivity index (χ4v) is 4.13. The molecule has 4 nitrogen and oxygen atoms in total. The number of carboxylic acids is 1. The predicted octanol–water partition coefficient (Wildman–Crippen LogP) is 6.51. The molecule has 29 heavy (non-hydrogen) atoms. The molecule has 3 N–H and O–H groups in total. The smallest absolute Gasteiger partial charge is 0.336 e. The van der Waals surface area contributed by atoms with Gasteiger partial charge in [0.15, 0.2) is 0 Å². The number of hydrogen-bond donors (Lipinski definition) is 3. The molecule has 0 amide bonds. The first-order valence-electron chi connectivity index (χ1n) is 11.8. The van der Waals surface area contributed by atoms with Gasteiger partial charge in [0.05, 0.1) is 5.56 Å². The molecule has 0 aromatic heterocycles. The minimum absolute atomic E-state index is 0.556. The van der Waals surface area contributed by atoms with Gasteiger partial charge in [-0.2, -0.15) is 0 Å². The predicted molar refractivity (Wildman–Crippen MR) is 123 cm³/mol. The third kappa shape index (κ3) is 7.33. The van der Waals surface area contributed by atoms with Gasteiger partial charge in [0, 0.05) is 5.69 Å². The number of anilines is 1. The number of benzene rings is 1. The van der Waals surface area contributed by atoms with Crippen LogP contribution >= 0.6 is 0 Å². The Morgan fingerprint density at radius 2 is 1.10 bits per heavy atom. The topological polar surface area (TPSA) is 69.6 Å². The van der Waals surface area contributed by atoms with Crippen LogP contribution in [0, 0.1) is 0 Å². The minimum Gasteiger partial charge on any atom is -0.478 e. The monoisotopic (exact) mass is 405 g/mol. The lowest BCUT2D eigenvalue weighted by molar-refractivity contribution is 0.0694. The van der Waals surface area contributed by atoms with Crippen molar-refractivity contribution in [2.75, 3.05) is 5.32 Å². The summed E-state index contributed by atoms with van der Waals surface area (Å²) >= 11 is 0. The fourth-order valence-electron chi connectivity index (χ4n) is 4.13. The van der Waals surface area contributed by atoms with Crippen molar-refractivity contribution < 1.29 is 15.0 Å². The second-order valence-corrected chi connectivity index (χ2v) is 8.20. The van der Waals surface area contributed by atoms with Crippen molar-refractivity contribution in [3.63, 3.8) is 0 Å². The van der Waals surface area contributed by atoms with Crippen molar-refractivity contribution in [2.24, 2.45) is 0 Å². The van der Waals surface area contributed by atoms with E-state index in [1.54, 1.807) is 6.92 Å². The molecule has 1 unspecified atom stereocenters. The summed E-state index contributed by atoms with van der Waals surface area (Å²) in [7, 11) is 0. The lowest BCUT2D eigenvalue weighted by Crippen LogP contribution is -2.22. The van der Waals surface area contributed by atoms with Crippen LogP contribution in [0.2, 0.25) is 0 Å². The van der Waals surface area contributed by atoms with Crippen LogP contribution in [0.3, 0.4) is 0 Å². The number of nitrogens with one attached hydrogen (secondary N) is 1. The summed E-state index contributed by atoms with van der Waals surface area (Å²) < 4.78 is 0. The Balaban J connectivity index is 3.86. The first kappa shape index (κ1) is 25.5. The Bertz CT molecular complexity index is 596. The fraction of sp³-hybridized carbons (Fsp3) is 0.720. The highest BCUT2D eigenvalue weighted by Gasteiger charge is 2.26. The van der Waals surface area contributed by atoms with Crippen LogP contribution in [-0.2, 0) is 25.7 Å². The molecule has 0 saturated heterocycles. The van der Waals surface area contributed by atoms with Crippen molar-refractivity contribution in [1.82, 2.24) is 0 Å². The first-order chi connectivity index (χ1) is 13.9. The SMILES string of the molecule is CCCCc1c(CCCC)c(C(=O)O)c(CCCC)c(CCCC)c1NC(C)O. The molecular weight excluding hydrogens is 362 g/mol. The Labute approximate surface area is 178 Å². The maximum absolute atomic E-state index is 12.5. The first-order valence-corrected chi connectivity index (χ1v) is 11.8. The van der Waals surface area contributed by atoms with Crippen molar-refractivity contribution in [3.05, 3.63) is 27.8 Å². The van der Waals surface area contributed by atoms with Gasteiger partial charge in [0.25, 0.3) is 0 Å². The van der Waals surface area contributed by atoms with E-state index in [1.807, 2.05) is 0 Å². The average molecular weight is 406 g/mol. The van der Waals surface area contributed by atoms with Crippen molar-refractivity contribution in [2.45, 2.75) is 118 Å². The van der Waals surface area contributed by atoms with E-state index in [2.05, 4.69) is 33.0 Å². The lowest BCUT2D eigenvalue weighted by Gasteiger charge is -2.27. The summed E-state index contributed by atoms with van der Waals surface area (Å²) in [6, 6.07) is 0. The Morgan fingerprint density at radius 3 is 1.38 bits per heavy atom. The standard InChI is InChI=1S/C25H43NO3/c1-6-10-14-19-21(16-12-8-3)24(26-18(5)27)22(17-13-9-4)20(15-11-7-2)23(19)25(28)29/h18,26-27H,6-17H2,1-5H3,(H,28,29). The van der Waals surface area contributed by atoms with Gasteiger partial charge < -0.3 is 15.5 Å².